The number of phenolic OH excluding ortho intramolecular Hbond substituents is 1. The number of aryl methyl sites for hydroxylation is 1. The number of benzene rings is 2. The van der Waals surface area contributed by atoms with Gasteiger partial charge in [-0.3, -0.25) is 4.68 Å². The van der Waals surface area contributed by atoms with Gasteiger partial charge in [0.25, 0.3) is 0 Å². The van der Waals surface area contributed by atoms with Crippen molar-refractivity contribution in [3.63, 3.8) is 0 Å². The van der Waals surface area contributed by atoms with Crippen LogP contribution >= 0.6 is 11.6 Å². The van der Waals surface area contributed by atoms with Gasteiger partial charge in [0.1, 0.15) is 23.9 Å². The maximum atomic E-state index is 13.9. The number of nitrogens with zero attached hydrogens (tertiary/aromatic N) is 2. The summed E-state index contributed by atoms with van der Waals surface area (Å²) in [5, 5.41) is 15.3. The zero-order valence-electron chi connectivity index (χ0n) is 18.5. The van der Waals surface area contributed by atoms with Gasteiger partial charge in [-0.25, -0.2) is 0 Å². The van der Waals surface area contributed by atoms with Gasteiger partial charge in [0.15, 0.2) is 5.69 Å². The van der Waals surface area contributed by atoms with E-state index < -0.39 is 11.9 Å². The fourth-order valence-corrected chi connectivity index (χ4v) is 3.99. The highest BCUT2D eigenvalue weighted by Crippen LogP contribution is 2.45. The molecule has 5 nitrogen and oxygen atoms in total. The molecule has 0 spiro atoms. The molecule has 9 heteroatoms. The van der Waals surface area contributed by atoms with E-state index in [1.165, 1.54) is 32.4 Å². The molecule has 0 atom stereocenters. The van der Waals surface area contributed by atoms with Crippen LogP contribution < -0.4 is 9.47 Å². The fourth-order valence-electron chi connectivity index (χ4n) is 3.84. The standard InChI is InChI=1S/C25H22ClF3N2O3/c1-31-23(22(24(30-31)25(27,28)29)16-4-3-5-18(12-16)33-2)20-11-10-19(13-21(20)32)34-14-15-6-8-17(26)9-7-15/h3-6,8,10-13,32H,7,9,14H2,1-2H3. The number of aromatic nitrogens is 2. The average Bonchev–Trinajstić information content (AvgIpc) is 3.16. The average molecular weight is 491 g/mol. The minimum atomic E-state index is -4.70. The van der Waals surface area contributed by atoms with Crippen LogP contribution in [0.2, 0.25) is 0 Å². The first-order chi connectivity index (χ1) is 16.2. The molecule has 1 aliphatic carbocycles. The highest BCUT2D eigenvalue weighted by atomic mass is 35.5. The van der Waals surface area contributed by atoms with Crippen LogP contribution in [0.1, 0.15) is 18.5 Å². The largest absolute Gasteiger partial charge is 0.507 e. The van der Waals surface area contributed by atoms with Crippen molar-refractivity contribution in [1.82, 2.24) is 9.78 Å². The molecule has 0 fully saturated rings. The monoisotopic (exact) mass is 490 g/mol. The number of hydrogen-bond acceptors (Lipinski definition) is 4. The van der Waals surface area contributed by atoms with Crippen molar-refractivity contribution in [2.24, 2.45) is 7.05 Å². The van der Waals surface area contributed by atoms with E-state index in [4.69, 9.17) is 21.1 Å². The molecule has 178 valence electrons. The molecule has 1 aromatic heterocycles. The number of rotatable bonds is 6. The van der Waals surface area contributed by atoms with Crippen molar-refractivity contribution in [2.45, 2.75) is 19.0 Å². The molecule has 4 rings (SSSR count). The van der Waals surface area contributed by atoms with Gasteiger partial charge in [-0.15, -0.1) is 0 Å². The number of halogens is 4. The van der Waals surface area contributed by atoms with Gasteiger partial charge in [0.05, 0.1) is 12.8 Å². The van der Waals surface area contributed by atoms with Crippen LogP contribution in [0.25, 0.3) is 22.4 Å². The Morgan fingerprint density at radius 2 is 1.88 bits per heavy atom. The summed E-state index contributed by atoms with van der Waals surface area (Å²) in [6, 6.07) is 10.8. The number of hydrogen-bond donors (Lipinski definition) is 1. The molecule has 34 heavy (non-hydrogen) atoms. The van der Waals surface area contributed by atoms with Crippen LogP contribution in [-0.4, -0.2) is 28.6 Å². The second-order valence-corrected chi connectivity index (χ2v) is 8.32. The molecule has 3 aromatic rings. The summed E-state index contributed by atoms with van der Waals surface area (Å²) in [4.78, 5) is 0. The van der Waals surface area contributed by atoms with E-state index in [2.05, 4.69) is 5.10 Å². The zero-order valence-corrected chi connectivity index (χ0v) is 19.2. The lowest BCUT2D eigenvalue weighted by Gasteiger charge is -2.14. The Labute approximate surface area is 199 Å². The van der Waals surface area contributed by atoms with E-state index in [1.54, 1.807) is 24.3 Å². The van der Waals surface area contributed by atoms with E-state index in [1.807, 2.05) is 12.2 Å². The van der Waals surface area contributed by atoms with Crippen LogP contribution in [0.15, 0.2) is 65.2 Å². The third-order valence-electron chi connectivity index (χ3n) is 5.51. The second kappa shape index (κ2) is 9.46. The Balaban J connectivity index is 1.73. The quantitative estimate of drug-likeness (QED) is 0.417. The lowest BCUT2D eigenvalue weighted by molar-refractivity contribution is -0.140. The highest BCUT2D eigenvalue weighted by Gasteiger charge is 2.40. The highest BCUT2D eigenvalue weighted by molar-refractivity contribution is 6.29. The van der Waals surface area contributed by atoms with E-state index in [0.29, 0.717) is 18.1 Å². The van der Waals surface area contributed by atoms with Crippen molar-refractivity contribution in [1.29, 1.82) is 0 Å². The molecule has 0 amide bonds. The van der Waals surface area contributed by atoms with Gasteiger partial charge in [0, 0.05) is 29.3 Å². The summed E-state index contributed by atoms with van der Waals surface area (Å²) in [6.45, 7) is 0.318. The van der Waals surface area contributed by atoms with Crippen LogP contribution in [-0.2, 0) is 13.2 Å². The summed E-state index contributed by atoms with van der Waals surface area (Å²) in [6.07, 6.45) is 0.548. The topological polar surface area (TPSA) is 56.5 Å². The second-order valence-electron chi connectivity index (χ2n) is 7.83. The molecule has 1 heterocycles. The summed E-state index contributed by atoms with van der Waals surface area (Å²) < 4.78 is 53.7. The fraction of sp³-hybridized carbons (Fsp3) is 0.240. The Bertz CT molecular complexity index is 1280. The number of allylic oxidation sites excluding steroid dienone is 3. The Morgan fingerprint density at radius 3 is 2.53 bits per heavy atom. The van der Waals surface area contributed by atoms with Crippen LogP contribution in [0.5, 0.6) is 17.2 Å². The molecule has 0 radical (unpaired) electrons. The van der Waals surface area contributed by atoms with Gasteiger partial charge in [-0.1, -0.05) is 29.8 Å². The van der Waals surface area contributed by atoms with Gasteiger partial charge in [-0.2, -0.15) is 18.3 Å². The zero-order chi connectivity index (χ0) is 24.5. The Hall–Kier alpha value is -3.39. The van der Waals surface area contributed by atoms with Crippen LogP contribution in [0, 0.1) is 0 Å². The molecule has 0 unspecified atom stereocenters. The summed E-state index contributed by atoms with van der Waals surface area (Å²) in [5.41, 5.74) is 0.449. The van der Waals surface area contributed by atoms with Gasteiger partial charge >= 0.3 is 6.18 Å². The first-order valence-corrected chi connectivity index (χ1v) is 10.8. The molecule has 0 saturated carbocycles. The number of phenols is 1. The molecule has 1 aliphatic rings. The van der Waals surface area contributed by atoms with E-state index in [9.17, 15) is 18.3 Å². The van der Waals surface area contributed by atoms with Crippen LogP contribution in [0.3, 0.4) is 0 Å². The lowest BCUT2D eigenvalue weighted by Crippen LogP contribution is -2.08. The van der Waals surface area contributed by atoms with E-state index in [-0.39, 0.29) is 28.1 Å². The summed E-state index contributed by atoms with van der Waals surface area (Å²) in [5.74, 6) is 0.574. The Kier molecular flexibility index (Phi) is 6.61. The summed E-state index contributed by atoms with van der Waals surface area (Å²) >= 11 is 5.97. The smallest absolute Gasteiger partial charge is 0.435 e. The van der Waals surface area contributed by atoms with E-state index >= 15 is 0 Å². The van der Waals surface area contributed by atoms with Crippen molar-refractivity contribution < 1.29 is 27.8 Å². The maximum Gasteiger partial charge on any atom is 0.435 e. The molecule has 0 aliphatic heterocycles. The van der Waals surface area contributed by atoms with Gasteiger partial charge in [0.2, 0.25) is 0 Å². The number of ether oxygens (including phenoxy) is 2. The SMILES string of the molecule is COc1cccc(-c2c(C(F)(F)F)nn(C)c2-c2ccc(OCC3=CC=C(Cl)CC3)cc2O)c1. The molecule has 1 N–H and O–H groups in total. The van der Waals surface area contributed by atoms with Gasteiger partial charge in [-0.05, 0) is 54.3 Å². The number of alkyl halides is 3. The maximum absolute atomic E-state index is 13.9. The van der Waals surface area contributed by atoms with Gasteiger partial charge < -0.3 is 14.6 Å². The van der Waals surface area contributed by atoms with Crippen molar-refractivity contribution in [2.75, 3.05) is 13.7 Å². The van der Waals surface area contributed by atoms with Crippen molar-refractivity contribution in [3.05, 3.63) is 70.9 Å². The molecule has 2 aromatic carbocycles. The number of aromatic hydroxyl groups is 1. The van der Waals surface area contributed by atoms with Crippen molar-refractivity contribution >= 4 is 11.6 Å². The first-order valence-electron chi connectivity index (χ1n) is 10.5. The lowest BCUT2D eigenvalue weighted by atomic mass is 9.97. The third kappa shape index (κ3) is 4.92. The molecule has 0 saturated heterocycles. The molecular weight excluding hydrogens is 469 g/mol. The minimum absolute atomic E-state index is 0.124. The van der Waals surface area contributed by atoms with Crippen molar-refractivity contribution in [3.8, 4) is 39.6 Å². The van der Waals surface area contributed by atoms with E-state index in [0.717, 1.165) is 28.1 Å². The molecular formula is C25H22ClF3N2O3. The first kappa shape index (κ1) is 23.8. The minimum Gasteiger partial charge on any atom is -0.507 e. The summed E-state index contributed by atoms with van der Waals surface area (Å²) in [7, 11) is 2.85. The normalized spacial score (nSPS) is 13.9. The number of methoxy groups -OCH3 is 1. The predicted molar refractivity (Wildman–Crippen MR) is 124 cm³/mol. The van der Waals surface area contributed by atoms with Crippen LogP contribution in [0.4, 0.5) is 13.2 Å². The predicted octanol–water partition coefficient (Wildman–Crippen LogP) is 6.71. The molecule has 0 bridgehead atoms. The third-order valence-corrected chi connectivity index (χ3v) is 5.82. The Morgan fingerprint density at radius 1 is 1.09 bits per heavy atom.